The van der Waals surface area contributed by atoms with Gasteiger partial charge in [-0.15, -0.1) is 0 Å². The fourth-order valence-electron chi connectivity index (χ4n) is 0.762. The van der Waals surface area contributed by atoms with Crippen LogP contribution < -0.4 is 4.74 Å². The summed E-state index contributed by atoms with van der Waals surface area (Å²) < 4.78 is 41.7. The van der Waals surface area contributed by atoms with E-state index in [0.717, 1.165) is 6.07 Å². The number of methoxy groups -OCH3 is 1. The van der Waals surface area contributed by atoms with Gasteiger partial charge < -0.3 is 4.74 Å². The third kappa shape index (κ3) is 2.12. The smallest absolute Gasteiger partial charge is 0.268 e. The van der Waals surface area contributed by atoms with Crippen molar-refractivity contribution in [3.63, 3.8) is 0 Å². The van der Waals surface area contributed by atoms with Gasteiger partial charge in [0.2, 0.25) is 5.95 Å². The van der Waals surface area contributed by atoms with Crippen molar-refractivity contribution in [1.29, 1.82) is 0 Å². The van der Waals surface area contributed by atoms with Crippen LogP contribution in [0.15, 0.2) is 10.7 Å². The van der Waals surface area contributed by atoms with Crippen molar-refractivity contribution in [2.24, 2.45) is 0 Å². The van der Waals surface area contributed by atoms with Gasteiger partial charge in [-0.25, -0.2) is 13.8 Å². The van der Waals surface area contributed by atoms with Gasteiger partial charge in [-0.2, -0.15) is 4.39 Å². The minimum atomic E-state index is -2.89. The molecule has 0 aliphatic rings. The van der Waals surface area contributed by atoms with E-state index in [0.29, 0.717) is 0 Å². The largest absolute Gasteiger partial charge is 0.494 e. The molecule has 0 atom stereocenters. The predicted octanol–water partition coefficient (Wildman–Crippen LogP) is 2.93. The Labute approximate surface area is 80.9 Å². The van der Waals surface area contributed by atoms with Crippen LogP contribution in [0.5, 0.6) is 5.75 Å². The van der Waals surface area contributed by atoms with Gasteiger partial charge in [-0.05, 0) is 22.0 Å². The van der Waals surface area contributed by atoms with Crippen molar-refractivity contribution in [3.8, 4) is 5.75 Å². The first-order valence-corrected chi connectivity index (χ1v) is 4.03. The van der Waals surface area contributed by atoms with Gasteiger partial charge in [-0.1, -0.05) is 0 Å². The molecule has 1 aromatic rings. The summed E-state index contributed by atoms with van der Waals surface area (Å²) in [5.74, 6) is -1.11. The first-order valence-electron chi connectivity index (χ1n) is 3.24. The first-order chi connectivity index (χ1) is 6.06. The fraction of sp³-hybridized carbons (Fsp3) is 0.286. The van der Waals surface area contributed by atoms with Gasteiger partial charge in [0.05, 0.1) is 12.7 Å². The Balaban J connectivity index is 3.22. The quantitative estimate of drug-likeness (QED) is 0.759. The summed E-state index contributed by atoms with van der Waals surface area (Å²) in [6.45, 7) is 0. The minimum absolute atomic E-state index is 0.0666. The Hall–Kier alpha value is -0.780. The Kier molecular flexibility index (Phi) is 3.13. The zero-order valence-electron chi connectivity index (χ0n) is 6.52. The predicted molar refractivity (Wildman–Crippen MR) is 43.4 cm³/mol. The van der Waals surface area contributed by atoms with Crippen LogP contribution in [0.2, 0.25) is 0 Å². The van der Waals surface area contributed by atoms with E-state index in [2.05, 4.69) is 25.7 Å². The van der Waals surface area contributed by atoms with Crippen molar-refractivity contribution in [2.45, 2.75) is 6.43 Å². The maximum atomic E-state index is 12.7. The average Bonchev–Trinajstić information content (AvgIpc) is 2.03. The van der Waals surface area contributed by atoms with Crippen LogP contribution in [0.25, 0.3) is 0 Å². The van der Waals surface area contributed by atoms with Crippen LogP contribution in [0, 0.1) is 5.95 Å². The monoisotopic (exact) mass is 255 g/mol. The minimum Gasteiger partial charge on any atom is -0.494 e. The van der Waals surface area contributed by atoms with Crippen LogP contribution in [0.1, 0.15) is 12.0 Å². The highest BCUT2D eigenvalue weighted by atomic mass is 79.9. The number of rotatable bonds is 2. The lowest BCUT2D eigenvalue weighted by molar-refractivity contribution is 0.144. The summed E-state index contributed by atoms with van der Waals surface area (Å²) in [5.41, 5.74) is -0.764. The van der Waals surface area contributed by atoms with Crippen LogP contribution in [0.4, 0.5) is 13.2 Å². The number of ether oxygens (including phenoxy) is 1. The summed E-state index contributed by atoms with van der Waals surface area (Å²) in [4.78, 5) is 3.21. The van der Waals surface area contributed by atoms with Crippen molar-refractivity contribution in [2.75, 3.05) is 7.11 Å². The summed E-state index contributed by atoms with van der Waals surface area (Å²) in [5, 5.41) is 0. The second kappa shape index (κ2) is 3.95. The van der Waals surface area contributed by atoms with Crippen LogP contribution in [0.3, 0.4) is 0 Å². The maximum absolute atomic E-state index is 12.7. The van der Waals surface area contributed by atoms with Crippen LogP contribution in [-0.4, -0.2) is 12.1 Å². The Morgan fingerprint density at radius 3 is 2.62 bits per heavy atom. The highest BCUT2D eigenvalue weighted by Gasteiger charge is 2.17. The Bertz CT molecular complexity index is 319. The zero-order valence-corrected chi connectivity index (χ0v) is 8.11. The Morgan fingerprint density at radius 2 is 2.15 bits per heavy atom. The molecule has 0 spiro atoms. The molecule has 0 saturated heterocycles. The van der Waals surface area contributed by atoms with E-state index in [-0.39, 0.29) is 10.4 Å². The molecule has 1 heterocycles. The number of halogens is 4. The van der Waals surface area contributed by atoms with Gasteiger partial charge in [0.15, 0.2) is 10.4 Å². The van der Waals surface area contributed by atoms with Crippen molar-refractivity contribution in [3.05, 3.63) is 22.2 Å². The zero-order chi connectivity index (χ0) is 10.0. The second-order valence-electron chi connectivity index (χ2n) is 2.16. The van der Waals surface area contributed by atoms with Gasteiger partial charge in [-0.3, -0.25) is 0 Å². The number of hydrogen-bond donors (Lipinski definition) is 0. The molecule has 0 saturated carbocycles. The normalized spacial score (nSPS) is 10.6. The third-order valence-corrected chi connectivity index (χ3v) is 1.95. The second-order valence-corrected chi connectivity index (χ2v) is 2.91. The number of nitrogens with zero attached hydrogens (tertiary/aromatic N) is 1. The fourth-order valence-corrected chi connectivity index (χ4v) is 1.19. The van der Waals surface area contributed by atoms with Gasteiger partial charge in [0, 0.05) is 0 Å². The lowest BCUT2D eigenvalue weighted by Gasteiger charge is -2.05. The van der Waals surface area contributed by atoms with Gasteiger partial charge in [0.25, 0.3) is 6.43 Å². The number of hydrogen-bond acceptors (Lipinski definition) is 2. The van der Waals surface area contributed by atoms with Crippen LogP contribution in [-0.2, 0) is 0 Å². The molecule has 0 aliphatic heterocycles. The molecule has 0 radical (unpaired) electrons. The molecular weight excluding hydrogens is 251 g/mol. The molecule has 1 aromatic heterocycles. The lowest BCUT2D eigenvalue weighted by atomic mass is 10.3. The van der Waals surface area contributed by atoms with E-state index in [1.165, 1.54) is 7.11 Å². The van der Waals surface area contributed by atoms with Crippen LogP contribution >= 0.6 is 15.9 Å². The molecule has 0 bridgehead atoms. The van der Waals surface area contributed by atoms with Crippen molar-refractivity contribution < 1.29 is 17.9 Å². The topological polar surface area (TPSA) is 22.1 Å². The molecule has 0 aliphatic carbocycles. The molecule has 1 rings (SSSR count). The van der Waals surface area contributed by atoms with E-state index < -0.39 is 17.9 Å². The SMILES string of the molecule is COc1cc(C(F)F)c(F)nc1Br. The molecule has 72 valence electrons. The molecule has 0 aromatic carbocycles. The van der Waals surface area contributed by atoms with E-state index in [4.69, 9.17) is 0 Å². The molecule has 0 unspecified atom stereocenters. The molecular formula is C7H5BrF3NO. The van der Waals surface area contributed by atoms with E-state index in [1.807, 2.05) is 0 Å². The standard InChI is InChI=1S/C7H5BrF3NO/c1-13-4-2-3(6(9)10)7(11)12-5(4)8/h2,6H,1H3. The molecule has 0 fully saturated rings. The highest BCUT2D eigenvalue weighted by molar-refractivity contribution is 9.10. The summed E-state index contributed by atoms with van der Waals surface area (Å²) in [6.07, 6.45) is -2.89. The van der Waals surface area contributed by atoms with Gasteiger partial charge >= 0.3 is 0 Å². The van der Waals surface area contributed by atoms with Crippen molar-refractivity contribution in [1.82, 2.24) is 4.98 Å². The summed E-state index contributed by atoms with van der Waals surface area (Å²) in [6, 6.07) is 0.914. The number of alkyl halides is 2. The first kappa shape index (κ1) is 10.3. The number of aromatic nitrogens is 1. The van der Waals surface area contributed by atoms with E-state index in [9.17, 15) is 13.2 Å². The highest BCUT2D eigenvalue weighted by Crippen LogP contribution is 2.29. The van der Waals surface area contributed by atoms with Crippen molar-refractivity contribution >= 4 is 15.9 Å². The third-order valence-electron chi connectivity index (χ3n) is 1.38. The van der Waals surface area contributed by atoms with E-state index >= 15 is 0 Å². The molecule has 0 N–H and O–H groups in total. The summed E-state index contributed by atoms with van der Waals surface area (Å²) in [7, 11) is 1.29. The summed E-state index contributed by atoms with van der Waals surface area (Å²) >= 11 is 2.87. The molecule has 0 amide bonds. The molecule has 6 heteroatoms. The van der Waals surface area contributed by atoms with Gasteiger partial charge in [0.1, 0.15) is 0 Å². The lowest BCUT2D eigenvalue weighted by Crippen LogP contribution is -1.97. The molecule has 13 heavy (non-hydrogen) atoms. The molecule has 2 nitrogen and oxygen atoms in total. The maximum Gasteiger partial charge on any atom is 0.268 e. The van der Waals surface area contributed by atoms with E-state index in [1.54, 1.807) is 0 Å². The average molecular weight is 256 g/mol. The number of pyridine rings is 1. The Morgan fingerprint density at radius 1 is 1.54 bits per heavy atom.